The number of anilines is 1. The minimum Gasteiger partial charge on any atom is -0.487 e. The molecule has 0 heterocycles. The molecule has 0 radical (unpaired) electrons. The van der Waals surface area contributed by atoms with Crippen LogP contribution < -0.4 is 10.5 Å². The third-order valence-electron chi connectivity index (χ3n) is 2.96. The van der Waals surface area contributed by atoms with Crippen molar-refractivity contribution in [2.45, 2.75) is 13.5 Å². The Labute approximate surface area is 132 Å². The summed E-state index contributed by atoms with van der Waals surface area (Å²) in [5.74, 6) is -0.672. The molecule has 6 heteroatoms. The van der Waals surface area contributed by atoms with Crippen molar-refractivity contribution in [2.24, 2.45) is 0 Å². The molecule has 0 aromatic heterocycles. The van der Waals surface area contributed by atoms with Crippen molar-refractivity contribution in [2.75, 3.05) is 12.3 Å². The van der Waals surface area contributed by atoms with E-state index in [9.17, 15) is 9.18 Å². The molecule has 0 unspecified atom stereocenters. The van der Waals surface area contributed by atoms with Crippen LogP contribution in [0.5, 0.6) is 5.75 Å². The summed E-state index contributed by atoms with van der Waals surface area (Å²) in [4.78, 5) is 11.7. The zero-order valence-electron chi connectivity index (χ0n) is 11.9. The number of nitrogens with two attached hydrogens (primary N) is 1. The average Bonchev–Trinajstić information content (AvgIpc) is 2.48. The Balaban J connectivity index is 2.19. The molecule has 0 bridgehead atoms. The third kappa shape index (κ3) is 3.68. The fourth-order valence-corrected chi connectivity index (χ4v) is 2.04. The summed E-state index contributed by atoms with van der Waals surface area (Å²) in [7, 11) is 0. The van der Waals surface area contributed by atoms with E-state index in [1.807, 2.05) is 0 Å². The summed E-state index contributed by atoms with van der Waals surface area (Å²) in [6, 6.07) is 8.91. The number of nitrogen functional groups attached to an aromatic ring is 1. The quantitative estimate of drug-likeness (QED) is 0.671. The normalized spacial score (nSPS) is 10.3. The zero-order chi connectivity index (χ0) is 16.1. The summed E-state index contributed by atoms with van der Waals surface area (Å²) in [6.07, 6.45) is 0. The molecule has 2 aromatic carbocycles. The topological polar surface area (TPSA) is 61.5 Å². The summed E-state index contributed by atoms with van der Waals surface area (Å²) < 4.78 is 24.1. The molecule has 2 aromatic rings. The smallest absolute Gasteiger partial charge is 0.338 e. The van der Waals surface area contributed by atoms with E-state index in [4.69, 9.17) is 26.8 Å². The first-order chi connectivity index (χ1) is 10.5. The van der Waals surface area contributed by atoms with Crippen LogP contribution in [-0.2, 0) is 11.3 Å². The standard InChI is InChI=1S/C16H15ClFNO3/c1-2-21-16(20)10-6-7-14(19)15(8-10)22-9-11-12(17)4-3-5-13(11)18/h3-8H,2,9,19H2,1H3. The zero-order valence-corrected chi connectivity index (χ0v) is 12.7. The van der Waals surface area contributed by atoms with Crippen LogP contribution in [0.25, 0.3) is 0 Å². The van der Waals surface area contributed by atoms with Gasteiger partial charge < -0.3 is 15.2 Å². The van der Waals surface area contributed by atoms with Crippen LogP contribution in [0.15, 0.2) is 36.4 Å². The molecule has 2 N–H and O–H groups in total. The van der Waals surface area contributed by atoms with Gasteiger partial charge in [-0.15, -0.1) is 0 Å². The van der Waals surface area contributed by atoms with Crippen LogP contribution in [0.1, 0.15) is 22.8 Å². The summed E-state index contributed by atoms with van der Waals surface area (Å²) >= 11 is 5.93. The van der Waals surface area contributed by atoms with E-state index >= 15 is 0 Å². The lowest BCUT2D eigenvalue weighted by molar-refractivity contribution is 0.0526. The molecule has 116 valence electrons. The largest absolute Gasteiger partial charge is 0.487 e. The van der Waals surface area contributed by atoms with Crippen LogP contribution >= 0.6 is 11.6 Å². The Bertz CT molecular complexity index is 671. The van der Waals surface area contributed by atoms with Crippen LogP contribution in [0.4, 0.5) is 10.1 Å². The van der Waals surface area contributed by atoms with Crippen molar-refractivity contribution in [1.82, 2.24) is 0 Å². The second kappa shape index (κ2) is 7.13. The lowest BCUT2D eigenvalue weighted by atomic mass is 10.2. The maximum atomic E-state index is 13.7. The Morgan fingerprint density at radius 1 is 1.32 bits per heavy atom. The molecular weight excluding hydrogens is 309 g/mol. The van der Waals surface area contributed by atoms with Gasteiger partial charge >= 0.3 is 5.97 Å². The fourth-order valence-electron chi connectivity index (χ4n) is 1.82. The van der Waals surface area contributed by atoms with Crippen LogP contribution in [0.3, 0.4) is 0 Å². The van der Waals surface area contributed by atoms with Gasteiger partial charge in [0.25, 0.3) is 0 Å². The van der Waals surface area contributed by atoms with E-state index < -0.39 is 11.8 Å². The van der Waals surface area contributed by atoms with E-state index in [1.54, 1.807) is 13.0 Å². The number of hydrogen-bond donors (Lipinski definition) is 1. The molecule has 0 aliphatic rings. The molecule has 0 aliphatic carbocycles. The van der Waals surface area contributed by atoms with Gasteiger partial charge in [0.1, 0.15) is 18.2 Å². The Hall–Kier alpha value is -2.27. The molecule has 0 fully saturated rings. The van der Waals surface area contributed by atoms with E-state index in [2.05, 4.69) is 0 Å². The first kappa shape index (κ1) is 16.1. The first-order valence-electron chi connectivity index (χ1n) is 6.65. The molecule has 4 nitrogen and oxygen atoms in total. The minimum absolute atomic E-state index is 0.0953. The lowest BCUT2D eigenvalue weighted by Gasteiger charge is -2.12. The van der Waals surface area contributed by atoms with Gasteiger partial charge in [0.2, 0.25) is 0 Å². The highest BCUT2D eigenvalue weighted by atomic mass is 35.5. The van der Waals surface area contributed by atoms with Gasteiger partial charge in [-0.1, -0.05) is 17.7 Å². The third-order valence-corrected chi connectivity index (χ3v) is 3.31. The predicted octanol–water partition coefficient (Wildman–Crippen LogP) is 3.82. The highest BCUT2D eigenvalue weighted by Crippen LogP contribution is 2.26. The number of carbonyl (C=O) groups is 1. The number of carbonyl (C=O) groups excluding carboxylic acids is 1. The number of hydrogen-bond acceptors (Lipinski definition) is 4. The van der Waals surface area contributed by atoms with Crippen LogP contribution in [-0.4, -0.2) is 12.6 Å². The maximum absolute atomic E-state index is 13.7. The van der Waals surface area contributed by atoms with Gasteiger partial charge in [-0.25, -0.2) is 9.18 Å². The molecule has 22 heavy (non-hydrogen) atoms. The van der Waals surface area contributed by atoms with Crippen molar-refractivity contribution in [3.05, 3.63) is 58.4 Å². The SMILES string of the molecule is CCOC(=O)c1ccc(N)c(OCc2c(F)cccc2Cl)c1. The van der Waals surface area contributed by atoms with E-state index in [-0.39, 0.29) is 29.5 Å². The van der Waals surface area contributed by atoms with E-state index in [0.717, 1.165) is 0 Å². The van der Waals surface area contributed by atoms with Gasteiger partial charge in [0.05, 0.1) is 22.9 Å². The molecule has 0 atom stereocenters. The van der Waals surface area contributed by atoms with Crippen molar-refractivity contribution >= 4 is 23.3 Å². The number of rotatable bonds is 5. The van der Waals surface area contributed by atoms with Gasteiger partial charge in [-0.3, -0.25) is 0 Å². The highest BCUT2D eigenvalue weighted by molar-refractivity contribution is 6.31. The summed E-state index contributed by atoms with van der Waals surface area (Å²) in [5.41, 5.74) is 6.67. The Morgan fingerprint density at radius 3 is 2.77 bits per heavy atom. The second-order valence-electron chi connectivity index (χ2n) is 4.46. The molecule has 0 aliphatic heterocycles. The molecular formula is C16H15ClFNO3. The fraction of sp³-hybridized carbons (Fsp3) is 0.188. The van der Waals surface area contributed by atoms with Crippen molar-refractivity contribution in [1.29, 1.82) is 0 Å². The monoisotopic (exact) mass is 323 g/mol. The van der Waals surface area contributed by atoms with Crippen molar-refractivity contribution in [3.8, 4) is 5.75 Å². The van der Waals surface area contributed by atoms with Gasteiger partial charge in [-0.2, -0.15) is 0 Å². The Kier molecular flexibility index (Phi) is 5.22. The molecule has 0 spiro atoms. The minimum atomic E-state index is -0.476. The van der Waals surface area contributed by atoms with E-state index in [1.165, 1.54) is 30.3 Å². The number of benzene rings is 2. The van der Waals surface area contributed by atoms with Crippen LogP contribution in [0, 0.1) is 5.82 Å². The number of ether oxygens (including phenoxy) is 2. The van der Waals surface area contributed by atoms with E-state index in [0.29, 0.717) is 11.3 Å². The highest BCUT2D eigenvalue weighted by Gasteiger charge is 2.12. The van der Waals surface area contributed by atoms with Crippen molar-refractivity contribution in [3.63, 3.8) is 0 Å². The lowest BCUT2D eigenvalue weighted by Crippen LogP contribution is -2.07. The molecule has 0 amide bonds. The molecule has 2 rings (SSSR count). The second-order valence-corrected chi connectivity index (χ2v) is 4.87. The van der Waals surface area contributed by atoms with Gasteiger partial charge in [-0.05, 0) is 37.3 Å². The molecule has 0 saturated heterocycles. The number of halogens is 2. The van der Waals surface area contributed by atoms with Gasteiger partial charge in [0.15, 0.2) is 0 Å². The first-order valence-corrected chi connectivity index (χ1v) is 7.03. The number of esters is 1. The summed E-state index contributed by atoms with van der Waals surface area (Å²) in [6.45, 7) is 1.89. The molecule has 0 saturated carbocycles. The van der Waals surface area contributed by atoms with Crippen LogP contribution in [0.2, 0.25) is 5.02 Å². The predicted molar refractivity (Wildman–Crippen MR) is 82.6 cm³/mol. The Morgan fingerprint density at radius 2 is 2.09 bits per heavy atom. The van der Waals surface area contributed by atoms with Crippen molar-refractivity contribution < 1.29 is 18.7 Å². The average molecular weight is 324 g/mol. The summed E-state index contributed by atoms with van der Waals surface area (Å²) in [5, 5.41) is 0.264. The van der Waals surface area contributed by atoms with Gasteiger partial charge in [0, 0.05) is 5.56 Å². The maximum Gasteiger partial charge on any atom is 0.338 e.